The molecule has 12 heteroatoms. The number of fused-ring (bicyclic) bond motifs is 1. The number of morpholine rings is 1. The molecule has 1 saturated heterocycles. The van der Waals surface area contributed by atoms with Crippen LogP contribution in [-0.2, 0) is 22.3 Å². The highest BCUT2D eigenvalue weighted by Gasteiger charge is 2.37. The molecule has 2 aliphatic heterocycles. The fourth-order valence-corrected chi connectivity index (χ4v) is 4.16. The van der Waals surface area contributed by atoms with Crippen molar-refractivity contribution in [3.63, 3.8) is 0 Å². The Kier molecular flexibility index (Phi) is 5.99. The molecule has 1 aromatic heterocycles. The number of nitrogens with one attached hydrogen (secondary N) is 1. The zero-order chi connectivity index (χ0) is 24.6. The van der Waals surface area contributed by atoms with E-state index in [0.717, 1.165) is 6.07 Å². The third-order valence-corrected chi connectivity index (χ3v) is 5.83. The Morgan fingerprint density at radius 1 is 1.14 bits per heavy atom. The third kappa shape index (κ3) is 4.62. The molecule has 0 saturated carbocycles. The average molecular weight is 486 g/mol. The van der Waals surface area contributed by atoms with Crippen LogP contribution in [0.15, 0.2) is 47.6 Å². The molecule has 0 spiro atoms. The Morgan fingerprint density at radius 3 is 2.69 bits per heavy atom. The smallest absolute Gasteiger partial charge is 0.390 e. The number of nitrogens with zero attached hydrogens (tertiary/aromatic N) is 5. The van der Waals surface area contributed by atoms with Crippen molar-refractivity contribution in [2.24, 2.45) is 4.99 Å². The number of carbonyl (C=O) groups is 1. The highest BCUT2D eigenvalue weighted by molar-refractivity contribution is 6.17. The topological polar surface area (TPSA) is 105 Å². The van der Waals surface area contributed by atoms with Crippen LogP contribution in [0.5, 0.6) is 0 Å². The molecule has 182 valence electrons. The van der Waals surface area contributed by atoms with Gasteiger partial charge in [0.25, 0.3) is 0 Å². The van der Waals surface area contributed by atoms with Gasteiger partial charge in [0.1, 0.15) is 0 Å². The first-order chi connectivity index (χ1) is 16.8. The lowest BCUT2D eigenvalue weighted by atomic mass is 10.1. The van der Waals surface area contributed by atoms with Crippen LogP contribution < -0.4 is 10.2 Å². The molecule has 0 atom stereocenters. The molecule has 0 bridgehead atoms. The molecule has 3 aromatic rings. The summed E-state index contributed by atoms with van der Waals surface area (Å²) in [6.07, 6.45) is -3.30. The fraction of sp³-hybridized carbons (Fsp3) is 0.304. The van der Waals surface area contributed by atoms with Crippen molar-refractivity contribution < 1.29 is 27.8 Å². The van der Waals surface area contributed by atoms with Crippen molar-refractivity contribution in [3.8, 4) is 5.69 Å². The van der Waals surface area contributed by atoms with Gasteiger partial charge in [-0.3, -0.25) is 9.79 Å². The van der Waals surface area contributed by atoms with E-state index in [4.69, 9.17) is 4.74 Å². The zero-order valence-corrected chi connectivity index (χ0v) is 18.4. The molecule has 35 heavy (non-hydrogen) atoms. The predicted octanol–water partition coefficient (Wildman–Crippen LogP) is 3.08. The summed E-state index contributed by atoms with van der Waals surface area (Å²) in [6, 6.07) is 9.31. The molecule has 0 radical (unpaired) electrons. The molecule has 5 rings (SSSR count). The number of hydrogen-bond donors (Lipinski definition) is 2. The first kappa shape index (κ1) is 23.0. The molecular weight excluding hydrogens is 465 g/mol. The minimum Gasteiger partial charge on any atom is -0.390 e. The lowest BCUT2D eigenvalue weighted by molar-refractivity contribution is -0.137. The number of amides is 1. The monoisotopic (exact) mass is 486 g/mol. The van der Waals surface area contributed by atoms with Gasteiger partial charge in [0.05, 0.1) is 72.2 Å². The molecule has 3 heterocycles. The van der Waals surface area contributed by atoms with Crippen LogP contribution in [0.4, 0.5) is 30.2 Å². The summed E-state index contributed by atoms with van der Waals surface area (Å²) in [5.41, 5.74) is 1.47. The summed E-state index contributed by atoms with van der Waals surface area (Å²) >= 11 is 0. The average Bonchev–Trinajstić information content (AvgIpc) is 3.26. The number of hydrogen-bond acceptors (Lipinski definition) is 7. The van der Waals surface area contributed by atoms with Crippen molar-refractivity contribution in [2.75, 3.05) is 36.5 Å². The van der Waals surface area contributed by atoms with Crippen molar-refractivity contribution in [1.29, 1.82) is 0 Å². The maximum Gasteiger partial charge on any atom is 0.418 e. The first-order valence-corrected chi connectivity index (χ1v) is 10.9. The second kappa shape index (κ2) is 9.12. The maximum absolute atomic E-state index is 13.9. The van der Waals surface area contributed by atoms with Crippen molar-refractivity contribution >= 4 is 28.7 Å². The fourth-order valence-electron chi connectivity index (χ4n) is 4.16. The molecule has 2 aliphatic rings. The van der Waals surface area contributed by atoms with Crippen LogP contribution in [0.25, 0.3) is 5.69 Å². The summed E-state index contributed by atoms with van der Waals surface area (Å²) in [5, 5.41) is 19.9. The molecular formula is C23H21F3N6O3. The Morgan fingerprint density at radius 2 is 1.94 bits per heavy atom. The number of benzene rings is 2. The van der Waals surface area contributed by atoms with Gasteiger partial charge in [0.2, 0.25) is 5.91 Å². The number of rotatable bonds is 4. The Balaban J connectivity index is 1.61. The van der Waals surface area contributed by atoms with Gasteiger partial charge in [-0.25, -0.2) is 4.68 Å². The molecule has 9 nitrogen and oxygen atoms in total. The second-order valence-electron chi connectivity index (χ2n) is 8.11. The Hall–Kier alpha value is -3.77. The Labute approximate surface area is 197 Å². The molecule has 1 amide bonds. The van der Waals surface area contributed by atoms with E-state index < -0.39 is 17.6 Å². The number of ether oxygens (including phenoxy) is 1. The summed E-state index contributed by atoms with van der Waals surface area (Å²) in [4.78, 5) is 18.9. The van der Waals surface area contributed by atoms with E-state index in [1.165, 1.54) is 16.9 Å². The van der Waals surface area contributed by atoms with E-state index >= 15 is 0 Å². The number of anilines is 2. The number of aliphatic hydroxyl groups excluding tert-OH is 1. The highest BCUT2D eigenvalue weighted by atomic mass is 19.4. The van der Waals surface area contributed by atoms with Crippen LogP contribution in [0.1, 0.15) is 23.2 Å². The summed E-state index contributed by atoms with van der Waals surface area (Å²) in [5.74, 6) is -0.475. The van der Waals surface area contributed by atoms with E-state index in [2.05, 4.69) is 20.6 Å². The molecule has 0 aliphatic carbocycles. The number of aliphatic hydroxyl groups is 1. The highest BCUT2D eigenvalue weighted by Crippen LogP contribution is 2.43. The Bertz CT molecular complexity index is 1300. The van der Waals surface area contributed by atoms with Crippen LogP contribution >= 0.6 is 0 Å². The number of aromatic nitrogens is 3. The zero-order valence-electron chi connectivity index (χ0n) is 18.4. The first-order valence-electron chi connectivity index (χ1n) is 10.9. The maximum atomic E-state index is 13.9. The third-order valence-electron chi connectivity index (χ3n) is 5.83. The molecule has 2 N–H and O–H groups in total. The van der Waals surface area contributed by atoms with Gasteiger partial charge in [-0.1, -0.05) is 17.3 Å². The summed E-state index contributed by atoms with van der Waals surface area (Å²) in [6.45, 7) is 1.02. The van der Waals surface area contributed by atoms with E-state index in [1.807, 2.05) is 0 Å². The van der Waals surface area contributed by atoms with Gasteiger partial charge < -0.3 is 20.1 Å². The van der Waals surface area contributed by atoms with Crippen molar-refractivity contribution in [1.82, 2.24) is 15.0 Å². The van der Waals surface area contributed by atoms with Crippen LogP contribution in [0.2, 0.25) is 0 Å². The summed E-state index contributed by atoms with van der Waals surface area (Å²) in [7, 11) is 0. The summed E-state index contributed by atoms with van der Waals surface area (Å²) < 4.78 is 48.5. The van der Waals surface area contributed by atoms with Gasteiger partial charge in [-0.2, -0.15) is 13.2 Å². The molecule has 1 fully saturated rings. The van der Waals surface area contributed by atoms with Crippen LogP contribution in [-0.4, -0.2) is 58.0 Å². The normalized spacial score (nSPS) is 16.4. The lowest BCUT2D eigenvalue weighted by Gasteiger charge is -2.31. The largest absolute Gasteiger partial charge is 0.418 e. The standard InChI is InChI=1S/C23H21F3N6O3/c24-23(25,26)17-9-19-20(10-21(17)31-4-6-35-7-5-31)28-18(11-22(34)29-19)14-2-1-3-15(8-14)32-16(13-33)12-27-30-32/h1-3,8-10,12,33H,4-7,11,13H2,(H,29,34). The van der Waals surface area contributed by atoms with Gasteiger partial charge in [-0.05, 0) is 29.8 Å². The SMILES string of the molecule is O=C1CC(c2cccc(-n3nncc3CO)c2)=Nc2cc(N3CCOCC3)c(C(F)(F)F)cc2N1. The van der Waals surface area contributed by atoms with Crippen molar-refractivity contribution in [2.45, 2.75) is 19.2 Å². The van der Waals surface area contributed by atoms with Crippen molar-refractivity contribution in [3.05, 3.63) is 59.4 Å². The number of aliphatic imine (C=N–C) groups is 1. The lowest BCUT2D eigenvalue weighted by Crippen LogP contribution is -2.37. The van der Waals surface area contributed by atoms with Crippen LogP contribution in [0.3, 0.4) is 0 Å². The van der Waals surface area contributed by atoms with E-state index in [1.54, 1.807) is 29.2 Å². The molecule has 0 unspecified atom stereocenters. The van der Waals surface area contributed by atoms with Gasteiger partial charge >= 0.3 is 6.18 Å². The van der Waals surface area contributed by atoms with Gasteiger partial charge in [-0.15, -0.1) is 5.10 Å². The minimum atomic E-state index is -4.61. The molecule has 2 aromatic carbocycles. The van der Waals surface area contributed by atoms with E-state index in [-0.39, 0.29) is 30.1 Å². The number of alkyl halides is 3. The quantitative estimate of drug-likeness (QED) is 0.588. The van der Waals surface area contributed by atoms with Crippen LogP contribution in [0, 0.1) is 0 Å². The second-order valence-corrected chi connectivity index (χ2v) is 8.11. The van der Waals surface area contributed by atoms with Gasteiger partial charge in [0, 0.05) is 13.1 Å². The predicted molar refractivity (Wildman–Crippen MR) is 121 cm³/mol. The number of carbonyl (C=O) groups excluding carboxylic acids is 1. The van der Waals surface area contributed by atoms with E-state index in [9.17, 15) is 23.1 Å². The van der Waals surface area contributed by atoms with Gasteiger partial charge in [0.15, 0.2) is 0 Å². The van der Waals surface area contributed by atoms with E-state index in [0.29, 0.717) is 49.0 Å². The minimum absolute atomic E-state index is 0.00255. The number of halogens is 3.